The average molecular weight is 535 g/mol. The second kappa shape index (κ2) is 10.2. The van der Waals surface area contributed by atoms with Crippen molar-refractivity contribution in [1.82, 2.24) is 24.6 Å². The number of anilines is 2. The van der Waals surface area contributed by atoms with Gasteiger partial charge in [0.1, 0.15) is 11.4 Å². The van der Waals surface area contributed by atoms with Crippen LogP contribution in [0.5, 0.6) is 5.75 Å². The molecule has 200 valence electrons. The van der Waals surface area contributed by atoms with E-state index in [0.717, 1.165) is 51.2 Å². The summed E-state index contributed by atoms with van der Waals surface area (Å²) in [6.07, 6.45) is 7.01. The minimum absolute atomic E-state index is 0.216. The van der Waals surface area contributed by atoms with Gasteiger partial charge in [0.15, 0.2) is 0 Å². The second-order valence-corrected chi connectivity index (χ2v) is 11.9. The summed E-state index contributed by atoms with van der Waals surface area (Å²) in [4.78, 5) is 24.7. The van der Waals surface area contributed by atoms with E-state index >= 15 is 0 Å². The summed E-state index contributed by atoms with van der Waals surface area (Å²) in [6, 6.07) is 6.45. The lowest BCUT2D eigenvalue weighted by Crippen LogP contribution is -2.42. The van der Waals surface area contributed by atoms with Crippen LogP contribution < -0.4 is 10.1 Å². The highest BCUT2D eigenvalue weighted by Gasteiger charge is 2.28. The zero-order chi connectivity index (χ0) is 27.0. The van der Waals surface area contributed by atoms with Crippen LogP contribution in [0.2, 0.25) is 0 Å². The Morgan fingerprint density at radius 1 is 1.16 bits per heavy atom. The van der Waals surface area contributed by atoms with Gasteiger partial charge < -0.3 is 19.7 Å². The number of thiophene rings is 1. The van der Waals surface area contributed by atoms with E-state index in [2.05, 4.69) is 41.4 Å². The number of carbonyl (C=O) groups is 1. The minimum Gasteiger partial charge on any atom is -0.496 e. The number of benzene rings is 1. The monoisotopic (exact) mass is 534 g/mol. The molecule has 9 nitrogen and oxygen atoms in total. The van der Waals surface area contributed by atoms with Gasteiger partial charge in [-0.2, -0.15) is 5.10 Å². The molecule has 38 heavy (non-hydrogen) atoms. The lowest BCUT2D eigenvalue weighted by Gasteiger charge is -2.33. The molecule has 1 N–H and O–H groups in total. The van der Waals surface area contributed by atoms with Gasteiger partial charge in [-0.3, -0.25) is 4.68 Å². The van der Waals surface area contributed by atoms with Crippen LogP contribution in [0.1, 0.15) is 50.1 Å². The van der Waals surface area contributed by atoms with E-state index < -0.39 is 5.60 Å². The van der Waals surface area contributed by atoms with E-state index in [1.165, 1.54) is 4.88 Å². The Morgan fingerprint density at radius 2 is 1.92 bits per heavy atom. The molecule has 5 rings (SSSR count). The molecule has 3 aromatic heterocycles. The smallest absolute Gasteiger partial charge is 0.410 e. The van der Waals surface area contributed by atoms with E-state index in [1.54, 1.807) is 29.5 Å². The number of methoxy groups -OCH3 is 1. The van der Waals surface area contributed by atoms with Crippen LogP contribution in [0.15, 0.2) is 36.8 Å². The summed E-state index contributed by atoms with van der Waals surface area (Å²) in [7, 11) is 1.70. The predicted octanol–water partition coefficient (Wildman–Crippen LogP) is 6.50. The fraction of sp³-hybridized carbons (Fsp3) is 0.429. The molecule has 0 spiro atoms. The standard InChI is InChI=1S/C28H34N6O3S/c1-17-7-8-21(22(13-17)36-6)24-18(2)38-23-15-29-26(32-25(23)24)31-19-14-30-34(16-19)20-9-11-33(12-10-20)27(35)37-28(3,4)5/h7-8,13-16,20H,9-12H2,1-6H3,(H,29,31,32). The number of aromatic nitrogens is 4. The average Bonchev–Trinajstić information content (AvgIpc) is 3.46. The highest BCUT2D eigenvalue weighted by atomic mass is 32.1. The maximum absolute atomic E-state index is 12.4. The molecular weight excluding hydrogens is 500 g/mol. The normalized spacial score (nSPS) is 14.6. The molecular formula is C28H34N6O3S. The Balaban J connectivity index is 1.31. The van der Waals surface area contributed by atoms with Gasteiger partial charge in [-0.25, -0.2) is 14.8 Å². The zero-order valence-electron chi connectivity index (χ0n) is 22.7. The number of amides is 1. The predicted molar refractivity (Wildman–Crippen MR) is 150 cm³/mol. The third kappa shape index (κ3) is 5.45. The van der Waals surface area contributed by atoms with Crippen LogP contribution in [-0.2, 0) is 4.74 Å². The Labute approximate surface area is 226 Å². The molecule has 0 bridgehead atoms. The van der Waals surface area contributed by atoms with Crippen molar-refractivity contribution in [2.45, 2.75) is 59.1 Å². The van der Waals surface area contributed by atoms with Gasteiger partial charge in [0.05, 0.1) is 41.4 Å². The Hall–Kier alpha value is -3.66. The van der Waals surface area contributed by atoms with Crippen molar-refractivity contribution < 1.29 is 14.3 Å². The molecule has 1 fully saturated rings. The lowest BCUT2D eigenvalue weighted by atomic mass is 10.0. The lowest BCUT2D eigenvalue weighted by molar-refractivity contribution is 0.0185. The number of likely N-dealkylation sites (tertiary alicyclic amines) is 1. The molecule has 4 heterocycles. The maximum atomic E-state index is 12.4. The SMILES string of the molecule is COc1cc(C)ccc1-c1c(C)sc2cnc(Nc3cnn(C4CCN(C(=O)OC(C)(C)C)CC4)c3)nc12. The molecule has 1 saturated heterocycles. The van der Waals surface area contributed by atoms with Gasteiger partial charge in [-0.15, -0.1) is 11.3 Å². The van der Waals surface area contributed by atoms with Crippen LogP contribution in [0.4, 0.5) is 16.4 Å². The summed E-state index contributed by atoms with van der Waals surface area (Å²) >= 11 is 1.68. The van der Waals surface area contributed by atoms with Crippen LogP contribution >= 0.6 is 11.3 Å². The molecule has 0 saturated carbocycles. The van der Waals surface area contributed by atoms with Crippen molar-refractivity contribution in [3.05, 3.63) is 47.2 Å². The van der Waals surface area contributed by atoms with E-state index in [1.807, 2.05) is 43.9 Å². The Morgan fingerprint density at radius 3 is 2.63 bits per heavy atom. The minimum atomic E-state index is -0.490. The summed E-state index contributed by atoms with van der Waals surface area (Å²) in [5.41, 5.74) is 4.47. The van der Waals surface area contributed by atoms with Gasteiger partial charge in [-0.05, 0) is 59.1 Å². The summed E-state index contributed by atoms with van der Waals surface area (Å²) < 4.78 is 14.2. The number of hydrogen-bond donors (Lipinski definition) is 1. The molecule has 0 atom stereocenters. The number of fused-ring (bicyclic) bond motifs is 1. The van der Waals surface area contributed by atoms with Gasteiger partial charge in [-0.1, -0.05) is 12.1 Å². The molecule has 10 heteroatoms. The Kier molecular flexibility index (Phi) is 7.00. The van der Waals surface area contributed by atoms with Gasteiger partial charge in [0.25, 0.3) is 0 Å². The van der Waals surface area contributed by atoms with Crippen LogP contribution in [-0.4, -0.2) is 56.5 Å². The molecule has 1 aliphatic rings. The molecule has 0 radical (unpaired) electrons. The molecule has 1 amide bonds. The largest absolute Gasteiger partial charge is 0.496 e. The fourth-order valence-electron chi connectivity index (χ4n) is 4.76. The number of carbonyl (C=O) groups excluding carboxylic acids is 1. The first-order valence-electron chi connectivity index (χ1n) is 12.8. The number of rotatable bonds is 5. The van der Waals surface area contributed by atoms with Crippen molar-refractivity contribution in [2.75, 3.05) is 25.5 Å². The third-order valence-corrected chi connectivity index (χ3v) is 7.61. The van der Waals surface area contributed by atoms with E-state index in [4.69, 9.17) is 14.5 Å². The first kappa shape index (κ1) is 26.0. The molecule has 1 aromatic carbocycles. The van der Waals surface area contributed by atoms with Crippen molar-refractivity contribution in [1.29, 1.82) is 0 Å². The first-order chi connectivity index (χ1) is 18.1. The quantitative estimate of drug-likeness (QED) is 0.312. The Bertz CT molecular complexity index is 1460. The third-order valence-electron chi connectivity index (χ3n) is 6.58. The molecule has 1 aliphatic heterocycles. The number of nitrogens with zero attached hydrogens (tertiary/aromatic N) is 5. The summed E-state index contributed by atoms with van der Waals surface area (Å²) in [5.74, 6) is 1.35. The molecule has 0 unspecified atom stereocenters. The number of aryl methyl sites for hydroxylation is 2. The van der Waals surface area contributed by atoms with Crippen molar-refractivity contribution >= 4 is 39.3 Å². The van der Waals surface area contributed by atoms with E-state index in [0.29, 0.717) is 19.0 Å². The van der Waals surface area contributed by atoms with Gasteiger partial charge in [0.2, 0.25) is 5.95 Å². The first-order valence-corrected chi connectivity index (χ1v) is 13.6. The summed E-state index contributed by atoms with van der Waals surface area (Å²) in [5, 5.41) is 7.89. The van der Waals surface area contributed by atoms with Crippen molar-refractivity contribution in [3.8, 4) is 16.9 Å². The number of piperidine rings is 1. The van der Waals surface area contributed by atoms with Crippen LogP contribution in [0, 0.1) is 13.8 Å². The highest BCUT2D eigenvalue weighted by molar-refractivity contribution is 7.19. The molecule has 4 aromatic rings. The van der Waals surface area contributed by atoms with E-state index in [-0.39, 0.29) is 12.1 Å². The number of nitrogens with one attached hydrogen (secondary N) is 1. The van der Waals surface area contributed by atoms with Gasteiger partial charge >= 0.3 is 6.09 Å². The zero-order valence-corrected chi connectivity index (χ0v) is 23.6. The highest BCUT2D eigenvalue weighted by Crippen LogP contribution is 2.41. The summed E-state index contributed by atoms with van der Waals surface area (Å²) in [6.45, 7) is 11.1. The van der Waals surface area contributed by atoms with E-state index in [9.17, 15) is 4.79 Å². The number of ether oxygens (including phenoxy) is 2. The van der Waals surface area contributed by atoms with Gasteiger partial charge in [0, 0.05) is 35.3 Å². The fourth-order valence-corrected chi connectivity index (χ4v) is 5.75. The number of hydrogen-bond acceptors (Lipinski definition) is 8. The van der Waals surface area contributed by atoms with Crippen LogP contribution in [0.3, 0.4) is 0 Å². The van der Waals surface area contributed by atoms with Crippen molar-refractivity contribution in [3.63, 3.8) is 0 Å². The molecule has 0 aliphatic carbocycles. The van der Waals surface area contributed by atoms with Crippen LogP contribution in [0.25, 0.3) is 21.3 Å². The van der Waals surface area contributed by atoms with Crippen molar-refractivity contribution in [2.24, 2.45) is 0 Å². The maximum Gasteiger partial charge on any atom is 0.410 e. The second-order valence-electron chi connectivity index (χ2n) is 10.7. The topological polar surface area (TPSA) is 94.4 Å².